The van der Waals surface area contributed by atoms with Gasteiger partial charge in [0.2, 0.25) is 5.82 Å². The van der Waals surface area contributed by atoms with Crippen LogP contribution in [0.1, 0.15) is 11.4 Å². The van der Waals surface area contributed by atoms with Crippen LogP contribution in [-0.2, 0) is 18.4 Å². The van der Waals surface area contributed by atoms with Gasteiger partial charge in [0.1, 0.15) is 5.75 Å². The number of hydrogen-bond acceptors (Lipinski definition) is 5. The number of nitrogens with zero attached hydrogens (tertiary/aromatic N) is 4. The van der Waals surface area contributed by atoms with E-state index in [0.29, 0.717) is 22.2 Å². The number of hydrogen-bond donors (Lipinski definition) is 1. The Morgan fingerprint density at radius 2 is 2.35 bits per heavy atom. The average Bonchev–Trinajstić information content (AvgIpc) is 2.81. The third-order valence-electron chi connectivity index (χ3n) is 2.28. The quantitative estimate of drug-likeness (QED) is 0.841. The van der Waals surface area contributed by atoms with Crippen molar-refractivity contribution in [3.63, 3.8) is 0 Å². The molecule has 0 spiro atoms. The number of ether oxygens (including phenoxy) is 1. The Balaban J connectivity index is 2.04. The van der Waals surface area contributed by atoms with Crippen molar-refractivity contribution in [3.05, 3.63) is 40.7 Å². The summed E-state index contributed by atoms with van der Waals surface area (Å²) in [4.78, 5) is 11.8. The Morgan fingerprint density at radius 1 is 1.55 bits per heavy atom. The summed E-state index contributed by atoms with van der Waals surface area (Å²) in [5.74, 6) is -0.111. The summed E-state index contributed by atoms with van der Waals surface area (Å²) in [5, 5.41) is 20.4. The number of aryl methyl sites for hydroxylation is 1. The van der Waals surface area contributed by atoms with Crippen LogP contribution in [0.4, 0.5) is 0 Å². The number of carboxylic acid groups (broad SMARTS) is 1. The van der Waals surface area contributed by atoms with E-state index < -0.39 is 5.97 Å². The molecule has 2 rings (SSSR count). The van der Waals surface area contributed by atoms with Crippen LogP contribution in [0.3, 0.4) is 0 Å². The minimum atomic E-state index is -1.02. The minimum absolute atomic E-state index is 0.151. The molecule has 7 nitrogen and oxygen atoms in total. The molecular weight excluding hydrogens is 284 g/mol. The first-order chi connectivity index (χ1) is 9.54. The molecule has 104 valence electrons. The Labute approximate surface area is 119 Å². The number of carboxylic acids is 1. The van der Waals surface area contributed by atoms with Crippen molar-refractivity contribution in [2.45, 2.75) is 6.61 Å². The number of halogens is 1. The monoisotopic (exact) mass is 294 g/mol. The van der Waals surface area contributed by atoms with Crippen LogP contribution in [0.2, 0.25) is 5.02 Å². The summed E-state index contributed by atoms with van der Waals surface area (Å²) in [7, 11) is 1.66. The highest BCUT2D eigenvalue weighted by Crippen LogP contribution is 2.26. The van der Waals surface area contributed by atoms with Crippen molar-refractivity contribution in [2.75, 3.05) is 0 Å². The topological polar surface area (TPSA) is 90.1 Å². The first-order valence-corrected chi connectivity index (χ1v) is 5.98. The fourth-order valence-electron chi connectivity index (χ4n) is 1.43. The molecule has 0 saturated carbocycles. The van der Waals surface area contributed by atoms with Crippen molar-refractivity contribution in [2.24, 2.45) is 7.05 Å². The molecule has 0 aliphatic heterocycles. The smallest absolute Gasteiger partial charge is 0.328 e. The van der Waals surface area contributed by atoms with Crippen LogP contribution in [0, 0.1) is 0 Å². The highest BCUT2D eigenvalue weighted by atomic mass is 35.5. The fraction of sp³-hybridized carbons (Fsp3) is 0.167. The molecule has 1 aromatic carbocycles. The Hall–Kier alpha value is -2.41. The molecule has 0 saturated heterocycles. The third-order valence-corrected chi connectivity index (χ3v) is 2.58. The van der Waals surface area contributed by atoms with Crippen LogP contribution >= 0.6 is 11.6 Å². The van der Waals surface area contributed by atoms with E-state index in [2.05, 4.69) is 15.4 Å². The van der Waals surface area contributed by atoms with E-state index in [9.17, 15) is 4.79 Å². The molecule has 0 amide bonds. The lowest BCUT2D eigenvalue weighted by atomic mass is 10.2. The van der Waals surface area contributed by atoms with Crippen LogP contribution in [0.25, 0.3) is 6.08 Å². The molecule has 0 bridgehead atoms. The van der Waals surface area contributed by atoms with Gasteiger partial charge in [-0.05, 0) is 29.0 Å². The predicted octanol–water partition coefficient (Wildman–Crippen LogP) is 1.54. The molecule has 8 heteroatoms. The number of aromatic nitrogens is 4. The Kier molecular flexibility index (Phi) is 4.31. The Bertz CT molecular complexity index is 654. The minimum Gasteiger partial charge on any atom is -0.484 e. The standard InChI is InChI=1S/C12H11ClN4O3/c1-17-15-11(14-16-17)7-20-10-4-2-8(6-9(10)13)3-5-12(18)19/h2-6H,7H2,1H3,(H,18,19)/b5-3+. The molecule has 2 aromatic rings. The first-order valence-electron chi connectivity index (χ1n) is 5.61. The molecule has 0 aliphatic rings. The van der Waals surface area contributed by atoms with Crippen molar-refractivity contribution < 1.29 is 14.6 Å². The molecule has 0 aliphatic carbocycles. The van der Waals surface area contributed by atoms with Gasteiger partial charge in [-0.15, -0.1) is 10.2 Å². The fourth-order valence-corrected chi connectivity index (χ4v) is 1.67. The number of carbonyl (C=O) groups is 1. The summed E-state index contributed by atoms with van der Waals surface area (Å²) in [6.07, 6.45) is 2.48. The van der Waals surface area contributed by atoms with Gasteiger partial charge in [-0.2, -0.15) is 4.80 Å². The zero-order valence-corrected chi connectivity index (χ0v) is 11.3. The average molecular weight is 295 g/mol. The van der Waals surface area contributed by atoms with Gasteiger partial charge in [0, 0.05) is 6.08 Å². The van der Waals surface area contributed by atoms with E-state index >= 15 is 0 Å². The zero-order chi connectivity index (χ0) is 14.5. The highest BCUT2D eigenvalue weighted by molar-refractivity contribution is 6.32. The van der Waals surface area contributed by atoms with E-state index in [1.165, 1.54) is 10.9 Å². The largest absolute Gasteiger partial charge is 0.484 e. The lowest BCUT2D eigenvalue weighted by molar-refractivity contribution is -0.131. The summed E-state index contributed by atoms with van der Waals surface area (Å²) in [6.45, 7) is 0.151. The predicted molar refractivity (Wildman–Crippen MR) is 71.3 cm³/mol. The molecule has 1 N–H and O–H groups in total. The second kappa shape index (κ2) is 6.16. The Morgan fingerprint density at radius 3 is 2.95 bits per heavy atom. The van der Waals surface area contributed by atoms with E-state index in [-0.39, 0.29) is 6.61 Å². The van der Waals surface area contributed by atoms with Crippen LogP contribution in [-0.4, -0.2) is 31.3 Å². The van der Waals surface area contributed by atoms with E-state index in [1.807, 2.05) is 0 Å². The summed E-state index contributed by atoms with van der Waals surface area (Å²) < 4.78 is 5.47. The third kappa shape index (κ3) is 3.79. The normalized spacial score (nSPS) is 10.9. The molecular formula is C12H11ClN4O3. The number of aliphatic carboxylic acids is 1. The highest BCUT2D eigenvalue weighted by Gasteiger charge is 2.05. The second-order valence-corrected chi connectivity index (χ2v) is 4.25. The van der Waals surface area contributed by atoms with Crippen LogP contribution < -0.4 is 4.74 Å². The maximum absolute atomic E-state index is 10.4. The lowest BCUT2D eigenvalue weighted by Crippen LogP contribution is -1.99. The van der Waals surface area contributed by atoms with Crippen molar-refractivity contribution in [3.8, 4) is 5.75 Å². The molecule has 0 unspecified atom stereocenters. The first kappa shape index (κ1) is 14.0. The SMILES string of the molecule is Cn1nnc(COc2ccc(/C=C/C(=O)O)cc2Cl)n1. The van der Waals surface area contributed by atoms with Gasteiger partial charge >= 0.3 is 5.97 Å². The molecule has 1 aromatic heterocycles. The van der Waals surface area contributed by atoms with Gasteiger partial charge in [0.15, 0.2) is 6.61 Å². The second-order valence-electron chi connectivity index (χ2n) is 3.85. The molecule has 20 heavy (non-hydrogen) atoms. The number of benzene rings is 1. The molecule has 0 fully saturated rings. The lowest BCUT2D eigenvalue weighted by Gasteiger charge is -2.06. The summed E-state index contributed by atoms with van der Waals surface area (Å²) >= 11 is 6.05. The van der Waals surface area contributed by atoms with Crippen LogP contribution in [0.15, 0.2) is 24.3 Å². The maximum atomic E-state index is 10.4. The maximum Gasteiger partial charge on any atom is 0.328 e. The van der Waals surface area contributed by atoms with Gasteiger partial charge in [0.25, 0.3) is 0 Å². The van der Waals surface area contributed by atoms with E-state index in [1.54, 1.807) is 25.2 Å². The van der Waals surface area contributed by atoms with E-state index in [4.69, 9.17) is 21.4 Å². The number of rotatable bonds is 5. The van der Waals surface area contributed by atoms with Gasteiger partial charge in [0.05, 0.1) is 12.1 Å². The van der Waals surface area contributed by atoms with Crippen molar-refractivity contribution in [1.29, 1.82) is 0 Å². The molecule has 1 heterocycles. The summed E-state index contributed by atoms with van der Waals surface area (Å²) in [6, 6.07) is 4.96. The van der Waals surface area contributed by atoms with Gasteiger partial charge in [-0.1, -0.05) is 17.7 Å². The van der Waals surface area contributed by atoms with E-state index in [0.717, 1.165) is 6.08 Å². The van der Waals surface area contributed by atoms with Crippen molar-refractivity contribution >= 4 is 23.6 Å². The zero-order valence-electron chi connectivity index (χ0n) is 10.5. The van der Waals surface area contributed by atoms with Crippen LogP contribution in [0.5, 0.6) is 5.75 Å². The molecule has 0 radical (unpaired) electrons. The molecule has 0 atom stereocenters. The van der Waals surface area contributed by atoms with Gasteiger partial charge < -0.3 is 9.84 Å². The van der Waals surface area contributed by atoms with Crippen molar-refractivity contribution in [1.82, 2.24) is 20.2 Å². The van der Waals surface area contributed by atoms with Gasteiger partial charge in [-0.25, -0.2) is 4.79 Å². The van der Waals surface area contributed by atoms with Gasteiger partial charge in [-0.3, -0.25) is 0 Å². The number of tetrazole rings is 1. The summed E-state index contributed by atoms with van der Waals surface area (Å²) in [5.41, 5.74) is 0.669.